The lowest BCUT2D eigenvalue weighted by molar-refractivity contribution is -0.384. The van der Waals surface area contributed by atoms with Crippen LogP contribution in [0, 0.1) is 10.1 Å². The van der Waals surface area contributed by atoms with Crippen molar-refractivity contribution < 1.29 is 19.9 Å². The molecule has 1 aromatic rings. The Kier molecular flexibility index (Phi) is 6.82. The van der Waals surface area contributed by atoms with E-state index >= 15 is 0 Å². The molecule has 3 N–H and O–H groups in total. The molecule has 0 amide bonds. The van der Waals surface area contributed by atoms with Crippen molar-refractivity contribution in [2.45, 2.75) is 6.42 Å². The summed E-state index contributed by atoms with van der Waals surface area (Å²) in [6.45, 7) is 0.632. The second-order valence-corrected chi connectivity index (χ2v) is 5.11. The number of carboxylic acids is 1. The number of aromatic carboxylic acids is 1. The van der Waals surface area contributed by atoms with Crippen molar-refractivity contribution in [3.63, 3.8) is 0 Å². The van der Waals surface area contributed by atoms with Crippen LogP contribution in [-0.2, 0) is 0 Å². The molecule has 0 radical (unpaired) electrons. The van der Waals surface area contributed by atoms with Crippen LogP contribution in [0.15, 0.2) is 18.2 Å². The molecule has 0 unspecified atom stereocenters. The Bertz CT molecular complexity index is 481. The van der Waals surface area contributed by atoms with Gasteiger partial charge in [0.05, 0.1) is 4.92 Å². The maximum absolute atomic E-state index is 11.0. The highest BCUT2D eigenvalue weighted by atomic mass is 32.2. The van der Waals surface area contributed by atoms with E-state index in [9.17, 15) is 14.9 Å². The number of anilines is 1. The normalized spacial score (nSPS) is 10.2. The number of benzene rings is 1. The summed E-state index contributed by atoms with van der Waals surface area (Å²) >= 11 is 1.61. The molecule has 0 atom stereocenters. The van der Waals surface area contributed by atoms with Gasteiger partial charge in [0, 0.05) is 18.9 Å². The number of nitrogens with one attached hydrogen (secondary N) is 1. The van der Waals surface area contributed by atoms with E-state index in [0.29, 0.717) is 18.7 Å². The molecular formula is C12H16N2O5S. The number of rotatable bonds is 9. The highest BCUT2D eigenvalue weighted by Crippen LogP contribution is 2.28. The first-order chi connectivity index (χ1) is 9.57. The summed E-state index contributed by atoms with van der Waals surface area (Å²) in [5.74, 6) is 0.210. The predicted octanol–water partition coefficient (Wildman–Crippen LogP) is 1.82. The van der Waals surface area contributed by atoms with Gasteiger partial charge < -0.3 is 15.5 Å². The van der Waals surface area contributed by atoms with E-state index in [1.807, 2.05) is 0 Å². The van der Waals surface area contributed by atoms with Crippen molar-refractivity contribution in [3.8, 4) is 0 Å². The number of aliphatic hydroxyl groups excluding tert-OH is 1. The standard InChI is InChI=1S/C12H16N2O5S/c15-6-2-7-20-8-5-13-10-4-1-3-9(12(16)17)11(10)14(18)19/h1,3-4,13,15H,2,5-8H2,(H,16,17). The number of hydrogen-bond acceptors (Lipinski definition) is 6. The van der Waals surface area contributed by atoms with E-state index in [-0.39, 0.29) is 17.9 Å². The number of thioether (sulfide) groups is 1. The van der Waals surface area contributed by atoms with Crippen LogP contribution in [0.4, 0.5) is 11.4 Å². The molecule has 110 valence electrons. The zero-order chi connectivity index (χ0) is 15.0. The Morgan fingerprint density at radius 3 is 2.75 bits per heavy atom. The molecule has 20 heavy (non-hydrogen) atoms. The molecular weight excluding hydrogens is 284 g/mol. The molecule has 0 saturated carbocycles. The van der Waals surface area contributed by atoms with E-state index < -0.39 is 16.6 Å². The molecule has 8 heteroatoms. The molecule has 0 spiro atoms. The molecule has 0 aliphatic carbocycles. The average Bonchev–Trinajstić information content (AvgIpc) is 2.42. The number of para-hydroxylation sites is 1. The third-order valence-electron chi connectivity index (χ3n) is 2.46. The lowest BCUT2D eigenvalue weighted by atomic mass is 10.1. The van der Waals surface area contributed by atoms with Crippen LogP contribution < -0.4 is 5.32 Å². The van der Waals surface area contributed by atoms with E-state index in [4.69, 9.17) is 10.2 Å². The highest BCUT2D eigenvalue weighted by Gasteiger charge is 2.23. The number of hydrogen-bond donors (Lipinski definition) is 3. The predicted molar refractivity (Wildman–Crippen MR) is 77.6 cm³/mol. The van der Waals surface area contributed by atoms with Crippen LogP contribution >= 0.6 is 11.8 Å². The van der Waals surface area contributed by atoms with Crippen molar-refractivity contribution in [3.05, 3.63) is 33.9 Å². The van der Waals surface area contributed by atoms with Gasteiger partial charge in [-0.05, 0) is 24.3 Å². The molecule has 0 fully saturated rings. The zero-order valence-electron chi connectivity index (χ0n) is 10.7. The monoisotopic (exact) mass is 300 g/mol. The number of nitro groups is 1. The van der Waals surface area contributed by atoms with E-state index in [2.05, 4.69) is 5.32 Å². The average molecular weight is 300 g/mol. The van der Waals surface area contributed by atoms with Crippen molar-refractivity contribution in [1.29, 1.82) is 0 Å². The Labute approximate surface area is 120 Å². The molecule has 0 aromatic heterocycles. The molecule has 7 nitrogen and oxygen atoms in total. The molecule has 0 saturated heterocycles. The first-order valence-electron chi connectivity index (χ1n) is 6.01. The summed E-state index contributed by atoms with van der Waals surface area (Å²) < 4.78 is 0. The van der Waals surface area contributed by atoms with Crippen molar-refractivity contribution >= 4 is 29.1 Å². The van der Waals surface area contributed by atoms with Crippen LogP contribution in [0.3, 0.4) is 0 Å². The minimum Gasteiger partial charge on any atom is -0.477 e. The van der Waals surface area contributed by atoms with Crippen molar-refractivity contribution in [2.24, 2.45) is 0 Å². The van der Waals surface area contributed by atoms with E-state index in [1.165, 1.54) is 18.2 Å². The summed E-state index contributed by atoms with van der Waals surface area (Å²) in [5.41, 5.74) is -0.536. The van der Waals surface area contributed by atoms with Crippen LogP contribution in [-0.4, -0.2) is 45.8 Å². The first kappa shape index (κ1) is 16.3. The van der Waals surface area contributed by atoms with Crippen molar-refractivity contribution in [2.75, 3.05) is 30.0 Å². The van der Waals surface area contributed by atoms with Gasteiger partial charge in [0.25, 0.3) is 0 Å². The first-order valence-corrected chi connectivity index (χ1v) is 7.16. The maximum atomic E-state index is 11.0. The summed E-state index contributed by atoms with van der Waals surface area (Å²) in [5, 5.41) is 31.4. The van der Waals surface area contributed by atoms with Gasteiger partial charge in [0.1, 0.15) is 11.3 Å². The fourth-order valence-electron chi connectivity index (χ4n) is 1.58. The van der Waals surface area contributed by atoms with E-state index in [1.54, 1.807) is 11.8 Å². The van der Waals surface area contributed by atoms with Gasteiger partial charge in [0.2, 0.25) is 0 Å². The van der Waals surface area contributed by atoms with Gasteiger partial charge in [-0.25, -0.2) is 4.79 Å². The van der Waals surface area contributed by atoms with Crippen LogP contribution in [0.1, 0.15) is 16.8 Å². The smallest absolute Gasteiger partial charge is 0.342 e. The molecule has 0 aliphatic rings. The number of nitro benzene ring substituents is 1. The minimum absolute atomic E-state index is 0.145. The molecule has 0 aliphatic heterocycles. The lowest BCUT2D eigenvalue weighted by Gasteiger charge is -2.08. The molecule has 0 heterocycles. The van der Waals surface area contributed by atoms with Crippen molar-refractivity contribution in [1.82, 2.24) is 0 Å². The largest absolute Gasteiger partial charge is 0.477 e. The third-order valence-corrected chi connectivity index (χ3v) is 3.53. The Morgan fingerprint density at radius 2 is 2.15 bits per heavy atom. The number of nitrogens with zero attached hydrogens (tertiary/aromatic N) is 1. The second kappa shape index (κ2) is 8.39. The molecule has 1 rings (SSSR count). The van der Waals surface area contributed by atoms with Gasteiger partial charge in [-0.3, -0.25) is 10.1 Å². The van der Waals surface area contributed by atoms with Gasteiger partial charge in [-0.1, -0.05) is 6.07 Å². The highest BCUT2D eigenvalue weighted by molar-refractivity contribution is 7.99. The van der Waals surface area contributed by atoms with Crippen LogP contribution in [0.2, 0.25) is 0 Å². The Hall–Kier alpha value is -1.80. The molecule has 1 aromatic carbocycles. The zero-order valence-corrected chi connectivity index (χ0v) is 11.6. The number of aliphatic hydroxyl groups is 1. The molecule has 0 bridgehead atoms. The summed E-state index contributed by atoms with van der Waals surface area (Å²) in [4.78, 5) is 21.3. The quantitative estimate of drug-likeness (QED) is 0.362. The van der Waals surface area contributed by atoms with Gasteiger partial charge in [-0.2, -0.15) is 11.8 Å². The van der Waals surface area contributed by atoms with Crippen LogP contribution in [0.25, 0.3) is 0 Å². The summed E-state index contributed by atoms with van der Waals surface area (Å²) in [6.07, 6.45) is 0.708. The fourth-order valence-corrected chi connectivity index (χ4v) is 2.37. The SMILES string of the molecule is O=C(O)c1cccc(NCCSCCCO)c1[N+](=O)[O-]. The van der Waals surface area contributed by atoms with E-state index in [0.717, 1.165) is 5.75 Å². The number of carboxylic acid groups (broad SMARTS) is 1. The summed E-state index contributed by atoms with van der Waals surface area (Å²) in [7, 11) is 0. The fraction of sp³-hybridized carbons (Fsp3) is 0.417. The second-order valence-electron chi connectivity index (χ2n) is 3.88. The Morgan fingerprint density at radius 1 is 1.40 bits per heavy atom. The topological polar surface area (TPSA) is 113 Å². The lowest BCUT2D eigenvalue weighted by Crippen LogP contribution is -2.10. The Balaban J connectivity index is 2.67. The van der Waals surface area contributed by atoms with Gasteiger partial charge in [-0.15, -0.1) is 0 Å². The van der Waals surface area contributed by atoms with Gasteiger partial charge >= 0.3 is 11.7 Å². The van der Waals surface area contributed by atoms with Gasteiger partial charge in [0.15, 0.2) is 0 Å². The minimum atomic E-state index is -1.32. The summed E-state index contributed by atoms with van der Waals surface area (Å²) in [6, 6.07) is 4.17. The maximum Gasteiger partial charge on any atom is 0.342 e. The number of carbonyl (C=O) groups is 1. The third kappa shape index (κ3) is 4.71. The van der Waals surface area contributed by atoms with Crippen LogP contribution in [0.5, 0.6) is 0 Å².